The Hall–Kier alpha value is -1.81. The minimum atomic E-state index is 0.272. The van der Waals surface area contributed by atoms with Crippen LogP contribution in [0.3, 0.4) is 0 Å². The second kappa shape index (κ2) is 4.70. The van der Waals surface area contributed by atoms with Crippen molar-refractivity contribution in [2.24, 2.45) is 0 Å². The minimum Gasteiger partial charge on any atom is -0.508 e. The molecule has 1 aliphatic heterocycles. The van der Waals surface area contributed by atoms with Crippen LogP contribution in [0.15, 0.2) is 24.3 Å². The summed E-state index contributed by atoms with van der Waals surface area (Å²) in [5.41, 5.74) is 4.54. The first-order valence-electron chi connectivity index (χ1n) is 6.73. The third kappa shape index (κ3) is 2.12. The first-order valence-corrected chi connectivity index (χ1v) is 6.73. The van der Waals surface area contributed by atoms with Crippen LogP contribution in [0.1, 0.15) is 29.3 Å². The Morgan fingerprint density at radius 1 is 1.37 bits per heavy atom. The van der Waals surface area contributed by atoms with Gasteiger partial charge in [-0.05, 0) is 38.9 Å². The Labute approximate surface area is 113 Å². The summed E-state index contributed by atoms with van der Waals surface area (Å²) in [6.07, 6.45) is 1.17. The molecule has 2 aromatic rings. The van der Waals surface area contributed by atoms with Crippen LogP contribution in [0.2, 0.25) is 0 Å². The number of phenolic OH excluding ortho intramolecular Hbond substituents is 1. The molecule has 0 bridgehead atoms. The van der Waals surface area contributed by atoms with Crippen LogP contribution in [-0.4, -0.2) is 28.0 Å². The molecule has 3 rings (SSSR count). The first-order chi connectivity index (χ1) is 9.16. The lowest BCUT2D eigenvalue weighted by Gasteiger charge is -2.10. The van der Waals surface area contributed by atoms with Crippen molar-refractivity contribution in [3.63, 3.8) is 0 Å². The topological polar surface area (TPSA) is 50.1 Å². The zero-order chi connectivity index (χ0) is 13.4. The Morgan fingerprint density at radius 2 is 2.21 bits per heavy atom. The molecule has 100 valence electrons. The summed E-state index contributed by atoms with van der Waals surface area (Å²) in [5, 5.41) is 17.7. The van der Waals surface area contributed by atoms with Gasteiger partial charge in [-0.25, -0.2) is 4.68 Å². The summed E-state index contributed by atoms with van der Waals surface area (Å²) in [5.74, 6) is 0.834. The number of aromatic nitrogens is 2. The van der Waals surface area contributed by atoms with Gasteiger partial charge in [-0.2, -0.15) is 5.10 Å². The lowest BCUT2D eigenvalue weighted by Crippen LogP contribution is -2.09. The van der Waals surface area contributed by atoms with Crippen molar-refractivity contribution in [2.75, 3.05) is 13.1 Å². The molecule has 1 saturated heterocycles. The van der Waals surface area contributed by atoms with Crippen LogP contribution in [-0.2, 0) is 0 Å². The second-order valence-corrected chi connectivity index (χ2v) is 5.21. The molecule has 1 aliphatic rings. The monoisotopic (exact) mass is 257 g/mol. The number of hydrogen-bond acceptors (Lipinski definition) is 3. The number of nitrogens with zero attached hydrogens (tertiary/aromatic N) is 2. The summed E-state index contributed by atoms with van der Waals surface area (Å²) in [4.78, 5) is 0. The number of hydrogen-bond donors (Lipinski definition) is 2. The summed E-state index contributed by atoms with van der Waals surface area (Å²) in [6.45, 7) is 6.30. The maximum atomic E-state index is 9.60. The molecule has 0 saturated carbocycles. The molecule has 1 aromatic carbocycles. The van der Waals surface area contributed by atoms with Gasteiger partial charge < -0.3 is 10.4 Å². The molecule has 0 aliphatic carbocycles. The van der Waals surface area contributed by atoms with Gasteiger partial charge in [0.05, 0.1) is 11.4 Å². The van der Waals surface area contributed by atoms with Gasteiger partial charge in [0.25, 0.3) is 0 Å². The second-order valence-electron chi connectivity index (χ2n) is 5.21. The van der Waals surface area contributed by atoms with Gasteiger partial charge in [0.1, 0.15) is 5.75 Å². The van der Waals surface area contributed by atoms with E-state index in [9.17, 15) is 5.11 Å². The number of aromatic hydroxyl groups is 1. The number of phenols is 1. The van der Waals surface area contributed by atoms with Crippen LogP contribution >= 0.6 is 0 Å². The normalized spacial score (nSPS) is 18.9. The molecule has 4 heteroatoms. The maximum absolute atomic E-state index is 9.60. The number of rotatable bonds is 2. The van der Waals surface area contributed by atoms with Gasteiger partial charge in [-0.15, -0.1) is 0 Å². The van der Waals surface area contributed by atoms with Crippen molar-refractivity contribution in [1.29, 1.82) is 0 Å². The smallest absolute Gasteiger partial charge is 0.117 e. The Morgan fingerprint density at radius 3 is 2.89 bits per heavy atom. The van der Waals surface area contributed by atoms with Gasteiger partial charge in [0.15, 0.2) is 0 Å². The SMILES string of the molecule is Cc1nn(-c2cccc(O)c2)c(C)c1C1CCNC1. The quantitative estimate of drug-likeness (QED) is 0.867. The average molecular weight is 257 g/mol. The molecule has 19 heavy (non-hydrogen) atoms. The average Bonchev–Trinajstić information content (AvgIpc) is 2.98. The van der Waals surface area contributed by atoms with E-state index < -0.39 is 0 Å². The molecule has 4 nitrogen and oxygen atoms in total. The van der Waals surface area contributed by atoms with E-state index in [1.54, 1.807) is 12.1 Å². The van der Waals surface area contributed by atoms with Crippen LogP contribution < -0.4 is 5.32 Å². The summed E-state index contributed by atoms with van der Waals surface area (Å²) in [6, 6.07) is 7.24. The summed E-state index contributed by atoms with van der Waals surface area (Å²) in [7, 11) is 0. The highest BCUT2D eigenvalue weighted by molar-refractivity contribution is 5.42. The predicted molar refractivity (Wildman–Crippen MR) is 74.9 cm³/mol. The Balaban J connectivity index is 2.06. The van der Waals surface area contributed by atoms with E-state index in [2.05, 4.69) is 24.3 Å². The van der Waals surface area contributed by atoms with Crippen molar-refractivity contribution in [1.82, 2.24) is 15.1 Å². The van der Waals surface area contributed by atoms with Crippen molar-refractivity contribution in [3.8, 4) is 11.4 Å². The minimum absolute atomic E-state index is 0.272. The highest BCUT2D eigenvalue weighted by Crippen LogP contribution is 2.30. The van der Waals surface area contributed by atoms with Gasteiger partial charge in [-0.3, -0.25) is 0 Å². The van der Waals surface area contributed by atoms with Crippen molar-refractivity contribution < 1.29 is 5.11 Å². The fourth-order valence-electron chi connectivity index (χ4n) is 3.02. The lowest BCUT2D eigenvalue weighted by molar-refractivity contribution is 0.474. The molecule has 2 heterocycles. The lowest BCUT2D eigenvalue weighted by atomic mass is 9.96. The van der Waals surface area contributed by atoms with Crippen LogP contribution in [0.4, 0.5) is 0 Å². The van der Waals surface area contributed by atoms with Crippen LogP contribution in [0.5, 0.6) is 5.75 Å². The first kappa shape index (κ1) is 12.2. The van der Waals surface area contributed by atoms with Crippen molar-refractivity contribution in [2.45, 2.75) is 26.2 Å². The molecular weight excluding hydrogens is 238 g/mol. The highest BCUT2D eigenvalue weighted by atomic mass is 16.3. The molecule has 1 unspecified atom stereocenters. The molecular formula is C15H19N3O. The van der Waals surface area contributed by atoms with Gasteiger partial charge in [0, 0.05) is 29.8 Å². The van der Waals surface area contributed by atoms with Gasteiger partial charge in [-0.1, -0.05) is 6.07 Å². The molecule has 0 amide bonds. The molecule has 1 aromatic heterocycles. The van der Waals surface area contributed by atoms with Crippen molar-refractivity contribution in [3.05, 3.63) is 41.2 Å². The van der Waals surface area contributed by atoms with E-state index in [1.807, 2.05) is 16.8 Å². The molecule has 1 fully saturated rings. The standard InChI is InChI=1S/C15H19N3O/c1-10-15(12-6-7-16-9-12)11(2)18(17-10)13-4-3-5-14(19)8-13/h3-5,8,12,16,19H,6-7,9H2,1-2H3. The Kier molecular flexibility index (Phi) is 3.03. The third-order valence-corrected chi connectivity index (χ3v) is 3.89. The van der Waals surface area contributed by atoms with Gasteiger partial charge in [0.2, 0.25) is 0 Å². The maximum Gasteiger partial charge on any atom is 0.117 e. The van der Waals surface area contributed by atoms with E-state index in [-0.39, 0.29) is 5.75 Å². The van der Waals surface area contributed by atoms with E-state index in [0.717, 1.165) is 24.5 Å². The molecule has 0 spiro atoms. The van der Waals surface area contributed by atoms with Gasteiger partial charge >= 0.3 is 0 Å². The highest BCUT2D eigenvalue weighted by Gasteiger charge is 2.24. The molecule has 1 atom stereocenters. The zero-order valence-electron chi connectivity index (χ0n) is 11.3. The largest absolute Gasteiger partial charge is 0.508 e. The van der Waals surface area contributed by atoms with E-state index in [0.29, 0.717) is 5.92 Å². The van der Waals surface area contributed by atoms with E-state index in [4.69, 9.17) is 0 Å². The predicted octanol–water partition coefficient (Wildman–Crippen LogP) is 2.27. The third-order valence-electron chi connectivity index (χ3n) is 3.89. The molecule has 0 radical (unpaired) electrons. The number of nitrogens with one attached hydrogen (secondary N) is 1. The van der Waals surface area contributed by atoms with Crippen LogP contribution in [0, 0.1) is 13.8 Å². The summed E-state index contributed by atoms with van der Waals surface area (Å²) < 4.78 is 1.93. The van der Waals surface area contributed by atoms with E-state index >= 15 is 0 Å². The Bertz CT molecular complexity index is 597. The summed E-state index contributed by atoms with van der Waals surface area (Å²) >= 11 is 0. The molecule has 2 N–H and O–H groups in total. The zero-order valence-corrected chi connectivity index (χ0v) is 11.3. The van der Waals surface area contributed by atoms with Crippen LogP contribution in [0.25, 0.3) is 5.69 Å². The van der Waals surface area contributed by atoms with E-state index in [1.165, 1.54) is 17.7 Å². The fourth-order valence-corrected chi connectivity index (χ4v) is 3.02. The fraction of sp³-hybridized carbons (Fsp3) is 0.400. The van der Waals surface area contributed by atoms with Crippen molar-refractivity contribution >= 4 is 0 Å². The number of aryl methyl sites for hydroxylation is 1. The number of benzene rings is 1.